The molecule has 1 aromatic heterocycles. The van der Waals surface area contributed by atoms with Gasteiger partial charge in [0.25, 0.3) is 5.91 Å². The van der Waals surface area contributed by atoms with Crippen LogP contribution in [-0.4, -0.2) is 58.1 Å². The van der Waals surface area contributed by atoms with Crippen LogP contribution in [-0.2, 0) is 6.54 Å². The van der Waals surface area contributed by atoms with Gasteiger partial charge in [0.05, 0.1) is 6.54 Å². The van der Waals surface area contributed by atoms with Crippen LogP contribution >= 0.6 is 0 Å². The van der Waals surface area contributed by atoms with E-state index in [1.165, 1.54) is 6.07 Å². The third-order valence-corrected chi connectivity index (χ3v) is 4.23. The van der Waals surface area contributed by atoms with Gasteiger partial charge in [-0.25, -0.2) is 9.18 Å². The van der Waals surface area contributed by atoms with Crippen LogP contribution in [0.1, 0.15) is 27.6 Å². The van der Waals surface area contributed by atoms with Crippen molar-refractivity contribution in [2.45, 2.75) is 20.4 Å². The maximum atomic E-state index is 13.7. The first-order valence-electron chi connectivity index (χ1n) is 8.31. The Morgan fingerprint density at radius 1 is 1.19 bits per heavy atom. The van der Waals surface area contributed by atoms with Crippen LogP contribution in [0, 0.1) is 19.7 Å². The Morgan fingerprint density at radius 3 is 2.50 bits per heavy atom. The molecule has 3 amide bonds. The summed E-state index contributed by atoms with van der Waals surface area (Å²) < 4.78 is 18.6. The Morgan fingerprint density at radius 2 is 1.88 bits per heavy atom. The van der Waals surface area contributed by atoms with E-state index in [4.69, 9.17) is 4.52 Å². The zero-order valence-electron chi connectivity index (χ0n) is 14.7. The van der Waals surface area contributed by atoms with Crippen molar-refractivity contribution in [3.8, 4) is 0 Å². The van der Waals surface area contributed by atoms with Crippen LogP contribution < -0.4 is 5.32 Å². The van der Waals surface area contributed by atoms with Gasteiger partial charge in [0, 0.05) is 31.7 Å². The van der Waals surface area contributed by atoms with Gasteiger partial charge in [-0.15, -0.1) is 0 Å². The highest BCUT2D eigenvalue weighted by Crippen LogP contribution is 2.13. The average Bonchev–Trinajstić information content (AvgIpc) is 3.07. The summed E-state index contributed by atoms with van der Waals surface area (Å²) in [6, 6.07) is 4.20. The maximum Gasteiger partial charge on any atom is 0.317 e. The molecule has 1 aliphatic rings. The van der Waals surface area contributed by atoms with Gasteiger partial charge >= 0.3 is 6.03 Å². The molecule has 0 spiro atoms. The van der Waals surface area contributed by atoms with Crippen molar-refractivity contribution >= 4 is 11.9 Å². The Bertz CT molecular complexity index is 814. The first-order valence-corrected chi connectivity index (χ1v) is 8.31. The highest BCUT2D eigenvalue weighted by Gasteiger charge is 2.25. The lowest BCUT2D eigenvalue weighted by molar-refractivity contribution is 0.0664. The molecule has 0 saturated carbocycles. The van der Waals surface area contributed by atoms with Crippen molar-refractivity contribution < 1.29 is 18.5 Å². The van der Waals surface area contributed by atoms with Gasteiger partial charge in [0.1, 0.15) is 5.82 Å². The molecule has 3 rings (SSSR count). The molecule has 0 bridgehead atoms. The Labute approximate surface area is 150 Å². The molecular formula is C17H20FN5O3. The fourth-order valence-electron chi connectivity index (χ4n) is 2.70. The van der Waals surface area contributed by atoms with Crippen LogP contribution in [0.5, 0.6) is 0 Å². The fraction of sp³-hybridized carbons (Fsp3) is 0.412. The van der Waals surface area contributed by atoms with Crippen molar-refractivity contribution in [1.82, 2.24) is 25.3 Å². The van der Waals surface area contributed by atoms with Crippen molar-refractivity contribution in [1.29, 1.82) is 0 Å². The van der Waals surface area contributed by atoms with E-state index in [9.17, 15) is 14.0 Å². The Hall–Kier alpha value is -2.97. The molecular weight excluding hydrogens is 341 g/mol. The van der Waals surface area contributed by atoms with Crippen molar-refractivity contribution in [2.24, 2.45) is 0 Å². The summed E-state index contributed by atoms with van der Waals surface area (Å²) in [6.07, 6.45) is 0. The number of hydrogen-bond donors (Lipinski definition) is 1. The quantitative estimate of drug-likeness (QED) is 0.894. The number of aromatic nitrogens is 2. The van der Waals surface area contributed by atoms with E-state index in [2.05, 4.69) is 15.5 Å². The highest BCUT2D eigenvalue weighted by atomic mass is 19.1. The van der Waals surface area contributed by atoms with Crippen LogP contribution in [0.3, 0.4) is 0 Å². The second-order valence-corrected chi connectivity index (χ2v) is 6.14. The molecule has 2 aromatic rings. The van der Waals surface area contributed by atoms with Gasteiger partial charge in [-0.3, -0.25) is 4.79 Å². The van der Waals surface area contributed by atoms with Crippen LogP contribution in [0.4, 0.5) is 9.18 Å². The largest absolute Gasteiger partial charge is 0.337 e. The summed E-state index contributed by atoms with van der Waals surface area (Å²) in [7, 11) is 0. The second kappa shape index (κ2) is 7.51. The van der Waals surface area contributed by atoms with E-state index in [0.29, 0.717) is 49.0 Å². The van der Waals surface area contributed by atoms with E-state index in [-0.39, 0.29) is 18.5 Å². The number of aryl methyl sites for hydroxylation is 2. The summed E-state index contributed by atoms with van der Waals surface area (Å²) >= 11 is 0. The average molecular weight is 361 g/mol. The molecule has 1 fully saturated rings. The summed E-state index contributed by atoms with van der Waals surface area (Å²) in [5.41, 5.74) is 0.817. The molecule has 0 atom stereocenters. The smallest absolute Gasteiger partial charge is 0.317 e. The SMILES string of the molecule is Cc1noc(CNC(=O)N2CCN(C(=O)c3ccc(C)c(F)c3)CC2)n1. The van der Waals surface area contributed by atoms with Gasteiger partial charge in [0.2, 0.25) is 5.89 Å². The number of nitrogens with one attached hydrogen (secondary N) is 1. The number of rotatable bonds is 3. The fourth-order valence-corrected chi connectivity index (χ4v) is 2.70. The predicted octanol–water partition coefficient (Wildman–Crippen LogP) is 1.49. The van der Waals surface area contributed by atoms with Crippen LogP contribution in [0.25, 0.3) is 0 Å². The number of amides is 3. The zero-order valence-corrected chi connectivity index (χ0v) is 14.7. The molecule has 0 radical (unpaired) electrons. The number of nitrogens with zero attached hydrogens (tertiary/aromatic N) is 4. The van der Waals surface area contributed by atoms with Crippen molar-refractivity contribution in [2.75, 3.05) is 26.2 Å². The van der Waals surface area contributed by atoms with Gasteiger partial charge in [0.15, 0.2) is 5.82 Å². The van der Waals surface area contributed by atoms with Crippen LogP contribution in [0.15, 0.2) is 22.7 Å². The normalized spacial score (nSPS) is 14.4. The van der Waals surface area contributed by atoms with Gasteiger partial charge in [-0.05, 0) is 31.5 Å². The predicted molar refractivity (Wildman–Crippen MR) is 89.9 cm³/mol. The molecule has 2 heterocycles. The lowest BCUT2D eigenvalue weighted by atomic mass is 10.1. The third kappa shape index (κ3) is 3.98. The lowest BCUT2D eigenvalue weighted by Gasteiger charge is -2.34. The molecule has 1 aromatic carbocycles. The standard InChI is InChI=1S/C17H20FN5O3/c1-11-3-4-13(9-14(11)18)16(24)22-5-7-23(8-6-22)17(25)19-10-15-20-12(2)21-26-15/h3-4,9H,5-8,10H2,1-2H3,(H,19,25). The zero-order chi connectivity index (χ0) is 18.7. The van der Waals surface area contributed by atoms with E-state index in [1.54, 1.807) is 35.8 Å². The van der Waals surface area contributed by atoms with Crippen molar-refractivity contribution in [3.05, 3.63) is 46.9 Å². The molecule has 26 heavy (non-hydrogen) atoms. The highest BCUT2D eigenvalue weighted by molar-refractivity contribution is 5.94. The van der Waals surface area contributed by atoms with E-state index in [1.807, 2.05) is 0 Å². The Balaban J connectivity index is 1.50. The second-order valence-electron chi connectivity index (χ2n) is 6.14. The molecule has 1 aliphatic heterocycles. The maximum absolute atomic E-state index is 13.7. The molecule has 1 N–H and O–H groups in total. The topological polar surface area (TPSA) is 91.6 Å². The molecule has 0 aliphatic carbocycles. The van der Waals surface area contributed by atoms with Gasteiger partial charge in [-0.2, -0.15) is 4.98 Å². The minimum absolute atomic E-state index is 0.154. The first kappa shape index (κ1) is 17.8. The number of carbonyl (C=O) groups is 2. The lowest BCUT2D eigenvalue weighted by Crippen LogP contribution is -2.53. The van der Waals surface area contributed by atoms with Gasteiger partial charge in [-0.1, -0.05) is 11.2 Å². The molecule has 1 saturated heterocycles. The number of carbonyl (C=O) groups excluding carboxylic acids is 2. The molecule has 8 nitrogen and oxygen atoms in total. The van der Waals surface area contributed by atoms with E-state index in [0.717, 1.165) is 0 Å². The van der Waals surface area contributed by atoms with Crippen LogP contribution in [0.2, 0.25) is 0 Å². The van der Waals surface area contributed by atoms with Gasteiger partial charge < -0.3 is 19.6 Å². The number of urea groups is 1. The Kier molecular flexibility index (Phi) is 5.15. The minimum Gasteiger partial charge on any atom is -0.337 e. The third-order valence-electron chi connectivity index (χ3n) is 4.23. The first-order chi connectivity index (χ1) is 12.4. The summed E-state index contributed by atoms with van der Waals surface area (Å²) in [5.74, 6) is 0.218. The monoisotopic (exact) mass is 361 g/mol. The number of piperazine rings is 1. The summed E-state index contributed by atoms with van der Waals surface area (Å²) in [6.45, 7) is 5.08. The number of halogens is 1. The number of benzene rings is 1. The molecule has 0 unspecified atom stereocenters. The van der Waals surface area contributed by atoms with Crippen molar-refractivity contribution in [3.63, 3.8) is 0 Å². The minimum atomic E-state index is -0.398. The molecule has 9 heteroatoms. The summed E-state index contributed by atoms with van der Waals surface area (Å²) in [4.78, 5) is 31.9. The number of hydrogen-bond acceptors (Lipinski definition) is 5. The van der Waals surface area contributed by atoms with E-state index < -0.39 is 5.82 Å². The molecule has 138 valence electrons. The summed E-state index contributed by atoms with van der Waals surface area (Å²) in [5, 5.41) is 6.36. The van der Waals surface area contributed by atoms with E-state index >= 15 is 0 Å².